The Balaban J connectivity index is 1.81. The van der Waals surface area contributed by atoms with Crippen LogP contribution in [-0.4, -0.2) is 41.7 Å². The maximum Gasteiger partial charge on any atom is 0.225 e. The van der Waals surface area contributed by atoms with Gasteiger partial charge in [0.1, 0.15) is 0 Å². The molecule has 0 saturated heterocycles. The van der Waals surface area contributed by atoms with Gasteiger partial charge in [-0.2, -0.15) is 5.26 Å². The Morgan fingerprint density at radius 2 is 1.91 bits per heavy atom. The predicted molar refractivity (Wildman–Crippen MR) is 89.9 cm³/mol. The topological polar surface area (TPSA) is 76.4 Å². The van der Waals surface area contributed by atoms with E-state index >= 15 is 0 Å². The predicted octanol–water partition coefficient (Wildman–Crippen LogP) is 2.51. The summed E-state index contributed by atoms with van der Waals surface area (Å²) in [6, 6.07) is 9.41. The number of nitrogens with zero attached hydrogens (tertiary/aromatic N) is 2. The van der Waals surface area contributed by atoms with Gasteiger partial charge < -0.3 is 10.4 Å². The van der Waals surface area contributed by atoms with Gasteiger partial charge in [-0.3, -0.25) is 9.69 Å². The van der Waals surface area contributed by atoms with Crippen LogP contribution >= 0.6 is 0 Å². The van der Waals surface area contributed by atoms with E-state index in [1.807, 2.05) is 0 Å². The summed E-state index contributed by atoms with van der Waals surface area (Å²) < 4.78 is 0. The van der Waals surface area contributed by atoms with Crippen LogP contribution < -0.4 is 5.32 Å². The van der Waals surface area contributed by atoms with Crippen LogP contribution in [0.4, 0.5) is 5.69 Å². The smallest absolute Gasteiger partial charge is 0.225 e. The monoisotopic (exact) mass is 315 g/mol. The molecular weight excluding hydrogens is 290 g/mol. The molecule has 0 spiro atoms. The lowest BCUT2D eigenvalue weighted by Gasteiger charge is -2.33. The molecule has 0 aliphatic heterocycles. The fraction of sp³-hybridized carbons (Fsp3) is 0.556. The van der Waals surface area contributed by atoms with Crippen molar-refractivity contribution < 1.29 is 9.90 Å². The van der Waals surface area contributed by atoms with Gasteiger partial charge in [0, 0.05) is 31.2 Å². The lowest BCUT2D eigenvalue weighted by Crippen LogP contribution is -2.40. The number of hydrogen-bond acceptors (Lipinski definition) is 4. The first kappa shape index (κ1) is 17.5. The second-order valence-electron chi connectivity index (χ2n) is 6.04. The molecule has 0 bridgehead atoms. The highest BCUT2D eigenvalue weighted by Gasteiger charge is 2.21. The van der Waals surface area contributed by atoms with Crippen LogP contribution in [0.1, 0.15) is 44.1 Å². The molecule has 1 aromatic rings. The molecule has 1 aromatic carbocycles. The van der Waals surface area contributed by atoms with E-state index < -0.39 is 0 Å². The third kappa shape index (κ3) is 5.66. The van der Waals surface area contributed by atoms with Gasteiger partial charge >= 0.3 is 0 Å². The number of carbonyl (C=O) groups is 1. The molecule has 1 aliphatic rings. The number of amides is 1. The molecule has 0 atom stereocenters. The molecule has 5 nitrogen and oxygen atoms in total. The minimum Gasteiger partial charge on any atom is -0.395 e. The molecule has 0 radical (unpaired) electrons. The summed E-state index contributed by atoms with van der Waals surface area (Å²) in [6.07, 6.45) is 6.52. The van der Waals surface area contributed by atoms with Crippen molar-refractivity contribution in [3.8, 4) is 6.07 Å². The number of nitriles is 1. The van der Waals surface area contributed by atoms with E-state index in [-0.39, 0.29) is 12.5 Å². The van der Waals surface area contributed by atoms with Crippen molar-refractivity contribution in [3.63, 3.8) is 0 Å². The van der Waals surface area contributed by atoms with Gasteiger partial charge in [0.2, 0.25) is 5.91 Å². The summed E-state index contributed by atoms with van der Waals surface area (Å²) in [7, 11) is 0. The van der Waals surface area contributed by atoms with Crippen LogP contribution in [0.3, 0.4) is 0 Å². The van der Waals surface area contributed by atoms with Crippen molar-refractivity contribution in [1.29, 1.82) is 5.26 Å². The van der Waals surface area contributed by atoms with E-state index in [0.29, 0.717) is 36.8 Å². The third-order valence-corrected chi connectivity index (χ3v) is 4.40. The molecule has 0 aromatic heterocycles. The number of rotatable bonds is 7. The van der Waals surface area contributed by atoms with Crippen LogP contribution in [0.15, 0.2) is 24.3 Å². The minimum absolute atomic E-state index is 0.0338. The Morgan fingerprint density at radius 1 is 1.22 bits per heavy atom. The number of anilines is 1. The average molecular weight is 315 g/mol. The summed E-state index contributed by atoms with van der Waals surface area (Å²) in [5.41, 5.74) is 1.29. The first-order valence-electron chi connectivity index (χ1n) is 8.38. The van der Waals surface area contributed by atoms with E-state index in [0.717, 1.165) is 12.8 Å². The lowest BCUT2D eigenvalue weighted by atomic mass is 9.94. The highest BCUT2D eigenvalue weighted by atomic mass is 16.3. The summed E-state index contributed by atoms with van der Waals surface area (Å²) >= 11 is 0. The molecule has 124 valence electrons. The first-order valence-corrected chi connectivity index (χ1v) is 8.38. The molecule has 1 saturated carbocycles. The zero-order valence-corrected chi connectivity index (χ0v) is 13.5. The third-order valence-electron chi connectivity index (χ3n) is 4.40. The first-order chi connectivity index (χ1) is 11.2. The highest BCUT2D eigenvalue weighted by Crippen LogP contribution is 2.22. The van der Waals surface area contributed by atoms with Gasteiger partial charge in [-0.15, -0.1) is 0 Å². The molecular formula is C18H25N3O2. The molecule has 23 heavy (non-hydrogen) atoms. The minimum atomic E-state index is -0.0338. The summed E-state index contributed by atoms with van der Waals surface area (Å²) in [4.78, 5) is 14.3. The summed E-state index contributed by atoms with van der Waals surface area (Å²) in [6.45, 7) is 1.44. The standard InChI is InChI=1S/C18H25N3O2/c19-14-15-6-8-16(9-7-15)20-18(23)10-11-21(12-13-22)17-4-2-1-3-5-17/h6-9,17,22H,1-5,10-13H2,(H,20,23). The van der Waals surface area contributed by atoms with Gasteiger partial charge in [0.05, 0.1) is 18.2 Å². The van der Waals surface area contributed by atoms with Gasteiger partial charge in [0.25, 0.3) is 0 Å². The number of nitrogens with one attached hydrogen (secondary N) is 1. The molecule has 0 heterocycles. The SMILES string of the molecule is N#Cc1ccc(NC(=O)CCN(CCO)C2CCCCC2)cc1. The number of aliphatic hydroxyl groups excluding tert-OH is 1. The number of benzene rings is 1. The fourth-order valence-corrected chi connectivity index (χ4v) is 3.15. The Hall–Kier alpha value is -1.90. The Morgan fingerprint density at radius 3 is 2.52 bits per heavy atom. The van der Waals surface area contributed by atoms with Crippen molar-refractivity contribution in [2.75, 3.05) is 25.0 Å². The van der Waals surface area contributed by atoms with Crippen LogP contribution in [0, 0.1) is 11.3 Å². The molecule has 2 N–H and O–H groups in total. The van der Waals surface area contributed by atoms with Crippen LogP contribution in [0.5, 0.6) is 0 Å². The van der Waals surface area contributed by atoms with Gasteiger partial charge in [0.15, 0.2) is 0 Å². The molecule has 1 amide bonds. The van der Waals surface area contributed by atoms with Crippen LogP contribution in [0.25, 0.3) is 0 Å². The fourth-order valence-electron chi connectivity index (χ4n) is 3.15. The normalized spacial score (nSPS) is 15.3. The maximum atomic E-state index is 12.1. The number of aliphatic hydroxyl groups is 1. The van der Waals surface area contributed by atoms with E-state index in [1.165, 1.54) is 19.3 Å². The quantitative estimate of drug-likeness (QED) is 0.810. The van der Waals surface area contributed by atoms with Crippen molar-refractivity contribution in [1.82, 2.24) is 4.90 Å². The summed E-state index contributed by atoms with van der Waals surface area (Å²) in [5.74, 6) is -0.0338. The number of carbonyl (C=O) groups excluding carboxylic acids is 1. The Kier molecular flexibility index (Phi) is 7.05. The van der Waals surface area contributed by atoms with Gasteiger partial charge in [-0.05, 0) is 37.1 Å². The van der Waals surface area contributed by atoms with Crippen molar-refractivity contribution in [3.05, 3.63) is 29.8 Å². The van der Waals surface area contributed by atoms with E-state index in [1.54, 1.807) is 24.3 Å². The largest absolute Gasteiger partial charge is 0.395 e. The number of hydrogen-bond donors (Lipinski definition) is 2. The van der Waals surface area contributed by atoms with Crippen molar-refractivity contribution in [2.45, 2.75) is 44.6 Å². The molecule has 5 heteroatoms. The highest BCUT2D eigenvalue weighted by molar-refractivity contribution is 5.90. The van der Waals surface area contributed by atoms with Crippen molar-refractivity contribution >= 4 is 11.6 Å². The lowest BCUT2D eigenvalue weighted by molar-refractivity contribution is -0.116. The molecule has 1 fully saturated rings. The summed E-state index contributed by atoms with van der Waals surface area (Å²) in [5, 5.41) is 20.9. The zero-order valence-electron chi connectivity index (χ0n) is 13.5. The molecule has 0 unspecified atom stereocenters. The van der Waals surface area contributed by atoms with E-state index in [2.05, 4.69) is 16.3 Å². The second kappa shape index (κ2) is 9.29. The Labute approximate surface area is 137 Å². The molecule has 2 rings (SSSR count). The zero-order chi connectivity index (χ0) is 16.5. The van der Waals surface area contributed by atoms with Gasteiger partial charge in [-0.1, -0.05) is 19.3 Å². The molecule has 1 aliphatic carbocycles. The van der Waals surface area contributed by atoms with Crippen LogP contribution in [0.2, 0.25) is 0 Å². The van der Waals surface area contributed by atoms with E-state index in [9.17, 15) is 9.90 Å². The second-order valence-corrected chi connectivity index (χ2v) is 6.04. The maximum absolute atomic E-state index is 12.1. The average Bonchev–Trinajstić information content (AvgIpc) is 2.60. The van der Waals surface area contributed by atoms with E-state index in [4.69, 9.17) is 5.26 Å². The van der Waals surface area contributed by atoms with Crippen LogP contribution in [-0.2, 0) is 4.79 Å². The van der Waals surface area contributed by atoms with Gasteiger partial charge in [-0.25, -0.2) is 0 Å². The Bertz CT molecular complexity index is 530. The van der Waals surface area contributed by atoms with Crippen molar-refractivity contribution in [2.24, 2.45) is 0 Å².